The molecule has 0 radical (unpaired) electrons. The molecule has 0 spiro atoms. The molecule has 0 aromatic heterocycles. The number of ether oxygens (including phenoxy) is 2. The molecule has 23 heavy (non-hydrogen) atoms. The maximum Gasteiger partial charge on any atom is 0.161 e. The van der Waals surface area contributed by atoms with Crippen molar-refractivity contribution in [1.29, 1.82) is 0 Å². The third kappa shape index (κ3) is 3.07. The van der Waals surface area contributed by atoms with Crippen molar-refractivity contribution >= 4 is 5.78 Å². The summed E-state index contributed by atoms with van der Waals surface area (Å²) >= 11 is 0. The monoisotopic (exact) mass is 320 g/mol. The summed E-state index contributed by atoms with van der Waals surface area (Å²) in [5.41, 5.74) is 2.36. The number of hydrogen-bond acceptors (Lipinski definition) is 4. The van der Waals surface area contributed by atoms with Crippen LogP contribution in [0.25, 0.3) is 0 Å². The minimum atomic E-state index is -0.929. The van der Waals surface area contributed by atoms with Gasteiger partial charge >= 0.3 is 0 Å². The molecule has 0 N–H and O–H groups in total. The second-order valence-corrected chi connectivity index (χ2v) is 6.55. The number of piperidine rings is 1. The van der Waals surface area contributed by atoms with E-state index in [0.29, 0.717) is 25.1 Å². The molecule has 1 unspecified atom stereocenters. The van der Waals surface area contributed by atoms with E-state index in [0.717, 1.165) is 24.3 Å². The number of carbonyl (C=O) groups excluding carboxylic acids is 1. The van der Waals surface area contributed by atoms with Gasteiger partial charge < -0.3 is 9.47 Å². The summed E-state index contributed by atoms with van der Waals surface area (Å²) < 4.78 is 24.1. The number of carbonyl (C=O) groups is 1. The molecule has 1 aromatic carbocycles. The van der Waals surface area contributed by atoms with Gasteiger partial charge in [-0.1, -0.05) is 0 Å². The molecule has 3 atom stereocenters. The van der Waals surface area contributed by atoms with Crippen LogP contribution < -0.4 is 9.47 Å². The van der Waals surface area contributed by atoms with Crippen LogP contribution in [0.1, 0.15) is 36.9 Å². The number of nitrogens with zero attached hydrogens (tertiary/aromatic N) is 1. The number of methoxy groups -OCH3 is 2. The fourth-order valence-electron chi connectivity index (χ4n) is 3.88. The summed E-state index contributed by atoms with van der Waals surface area (Å²) in [4.78, 5) is 14.7. The predicted molar refractivity (Wildman–Crippen MR) is 85.9 cm³/mol. The first-order chi connectivity index (χ1) is 11.0. The zero-order chi connectivity index (χ0) is 16.6. The number of fused-ring (bicyclic) bond motifs is 3. The van der Waals surface area contributed by atoms with Gasteiger partial charge in [0.15, 0.2) is 11.5 Å². The van der Waals surface area contributed by atoms with Crippen LogP contribution >= 0.6 is 0 Å². The fourth-order valence-corrected chi connectivity index (χ4v) is 3.88. The molecule has 1 saturated heterocycles. The Labute approximate surface area is 136 Å². The molecular formula is C18H24FNO3. The van der Waals surface area contributed by atoms with E-state index < -0.39 is 6.17 Å². The van der Waals surface area contributed by atoms with E-state index in [-0.39, 0.29) is 17.7 Å². The van der Waals surface area contributed by atoms with E-state index in [9.17, 15) is 9.18 Å². The summed E-state index contributed by atoms with van der Waals surface area (Å²) in [7, 11) is 3.25. The third-order valence-electron chi connectivity index (χ3n) is 5.03. The Kier molecular flexibility index (Phi) is 4.57. The number of halogens is 1. The molecule has 126 valence electrons. The molecule has 0 saturated carbocycles. The van der Waals surface area contributed by atoms with Gasteiger partial charge in [-0.05, 0) is 43.0 Å². The Bertz CT molecular complexity index is 602. The van der Waals surface area contributed by atoms with Gasteiger partial charge in [-0.2, -0.15) is 0 Å². The number of benzene rings is 1. The first-order valence-electron chi connectivity index (χ1n) is 8.19. The number of ketones is 1. The van der Waals surface area contributed by atoms with Crippen LogP contribution in [0.4, 0.5) is 4.39 Å². The Balaban J connectivity index is 1.89. The minimum Gasteiger partial charge on any atom is -0.493 e. The first-order valence-corrected chi connectivity index (χ1v) is 8.19. The van der Waals surface area contributed by atoms with Crippen LogP contribution in [-0.4, -0.2) is 44.2 Å². The molecule has 0 aliphatic carbocycles. The van der Waals surface area contributed by atoms with Crippen LogP contribution in [0.15, 0.2) is 12.1 Å². The summed E-state index contributed by atoms with van der Waals surface area (Å²) in [5.74, 6) is 1.43. The van der Waals surface area contributed by atoms with Gasteiger partial charge in [-0.3, -0.25) is 9.69 Å². The first kappa shape index (κ1) is 16.2. The lowest BCUT2D eigenvalue weighted by atomic mass is 9.81. The lowest BCUT2D eigenvalue weighted by molar-refractivity contribution is -0.129. The quantitative estimate of drug-likeness (QED) is 0.855. The average molecular weight is 320 g/mol. The molecule has 2 heterocycles. The fraction of sp³-hybridized carbons (Fsp3) is 0.611. The summed E-state index contributed by atoms with van der Waals surface area (Å²) in [6.07, 6.45) is 0.779. The number of Topliss-reactive ketones (excluding diaryl/α,β-unsaturated/α-hetero) is 1. The van der Waals surface area contributed by atoms with Gasteiger partial charge in [0.2, 0.25) is 0 Å². The molecule has 4 nitrogen and oxygen atoms in total. The van der Waals surface area contributed by atoms with E-state index in [1.807, 2.05) is 12.1 Å². The lowest BCUT2D eigenvalue weighted by Crippen LogP contribution is -2.46. The van der Waals surface area contributed by atoms with Crippen molar-refractivity contribution in [3.63, 3.8) is 0 Å². The topological polar surface area (TPSA) is 38.8 Å². The maximum absolute atomic E-state index is 13.3. The zero-order valence-corrected chi connectivity index (χ0v) is 14.0. The highest BCUT2D eigenvalue weighted by molar-refractivity contribution is 5.83. The molecule has 2 aliphatic heterocycles. The molecule has 0 amide bonds. The Morgan fingerprint density at radius 1 is 1.30 bits per heavy atom. The maximum atomic E-state index is 13.3. The zero-order valence-electron chi connectivity index (χ0n) is 14.0. The van der Waals surface area contributed by atoms with Gasteiger partial charge in [0.05, 0.1) is 20.4 Å². The van der Waals surface area contributed by atoms with Gasteiger partial charge in [0, 0.05) is 31.5 Å². The molecule has 1 fully saturated rings. The normalized spacial score (nSPS) is 25.5. The SMILES string of the molecule is COc1cc2c(cc1OC)[C@@H]1CC(=O)[C@@H](CC(C)[18F])CN1CC2. The molecule has 0 bridgehead atoms. The molecule has 3 rings (SSSR count). The Morgan fingerprint density at radius 2 is 2.00 bits per heavy atom. The van der Waals surface area contributed by atoms with Crippen molar-refractivity contribution < 1.29 is 18.7 Å². The second kappa shape index (κ2) is 6.48. The molecule has 5 heteroatoms. The number of rotatable bonds is 4. The highest BCUT2D eigenvalue weighted by atomic mass is 18.2. The van der Waals surface area contributed by atoms with Crippen molar-refractivity contribution in [3.8, 4) is 11.5 Å². The van der Waals surface area contributed by atoms with Crippen LogP contribution in [0, 0.1) is 5.92 Å². The lowest BCUT2D eigenvalue weighted by Gasteiger charge is -2.43. The van der Waals surface area contributed by atoms with E-state index in [1.54, 1.807) is 14.2 Å². The van der Waals surface area contributed by atoms with Gasteiger partial charge in [-0.25, -0.2) is 4.39 Å². The predicted octanol–water partition coefficient (Wildman–Crippen LogP) is 2.94. The van der Waals surface area contributed by atoms with Gasteiger partial charge in [0.25, 0.3) is 0 Å². The second-order valence-electron chi connectivity index (χ2n) is 6.55. The molecule has 1 aromatic rings. The summed E-state index contributed by atoms with van der Waals surface area (Å²) in [6.45, 7) is 3.09. The number of hydrogen-bond donors (Lipinski definition) is 0. The van der Waals surface area contributed by atoms with Crippen LogP contribution in [0.5, 0.6) is 11.5 Å². The summed E-state index contributed by atoms with van der Waals surface area (Å²) in [6, 6.07) is 4.10. The van der Waals surface area contributed by atoms with Crippen molar-refractivity contribution in [2.75, 3.05) is 27.3 Å². The van der Waals surface area contributed by atoms with E-state index in [4.69, 9.17) is 9.47 Å². The number of alkyl halides is 1. The van der Waals surface area contributed by atoms with Crippen molar-refractivity contribution in [2.24, 2.45) is 5.92 Å². The smallest absolute Gasteiger partial charge is 0.161 e. The van der Waals surface area contributed by atoms with Gasteiger partial charge in [-0.15, -0.1) is 0 Å². The Morgan fingerprint density at radius 3 is 2.65 bits per heavy atom. The van der Waals surface area contributed by atoms with Crippen molar-refractivity contribution in [1.82, 2.24) is 4.90 Å². The van der Waals surface area contributed by atoms with E-state index >= 15 is 0 Å². The van der Waals surface area contributed by atoms with Crippen molar-refractivity contribution in [2.45, 2.75) is 38.4 Å². The molecule has 2 aliphatic rings. The Hall–Kier alpha value is -1.62. The highest BCUT2D eigenvalue weighted by Crippen LogP contribution is 2.42. The van der Waals surface area contributed by atoms with Crippen LogP contribution in [0.2, 0.25) is 0 Å². The van der Waals surface area contributed by atoms with Gasteiger partial charge in [0.1, 0.15) is 5.78 Å². The van der Waals surface area contributed by atoms with Crippen LogP contribution in [0.3, 0.4) is 0 Å². The average Bonchev–Trinajstić information content (AvgIpc) is 2.53. The minimum absolute atomic E-state index is 0.0808. The van der Waals surface area contributed by atoms with E-state index in [2.05, 4.69) is 4.90 Å². The van der Waals surface area contributed by atoms with Crippen LogP contribution in [-0.2, 0) is 11.2 Å². The largest absolute Gasteiger partial charge is 0.493 e. The van der Waals surface area contributed by atoms with E-state index in [1.165, 1.54) is 12.5 Å². The standard InChI is InChI=1S/C18H24FNO3/c1-11(19)6-13-10-20-5-4-12-7-17(22-2)18(23-3)8-14(12)15(20)9-16(13)21/h7-8,11,13,15H,4-6,9-10H2,1-3H3/t11?,13-,15-/m0/s1/i19-1. The third-order valence-corrected chi connectivity index (χ3v) is 5.03. The molecular weight excluding hydrogens is 296 g/mol. The van der Waals surface area contributed by atoms with Crippen molar-refractivity contribution in [3.05, 3.63) is 23.3 Å². The summed E-state index contributed by atoms with van der Waals surface area (Å²) in [5, 5.41) is 0. The highest BCUT2D eigenvalue weighted by Gasteiger charge is 2.38.